The lowest BCUT2D eigenvalue weighted by Gasteiger charge is -2.20. The lowest BCUT2D eigenvalue weighted by Crippen LogP contribution is -2.25. The summed E-state index contributed by atoms with van der Waals surface area (Å²) in [6.07, 6.45) is 3.70. The van der Waals surface area contributed by atoms with Crippen LogP contribution in [0.5, 0.6) is 0 Å². The molecule has 0 bridgehead atoms. The number of anilines is 1. The van der Waals surface area contributed by atoms with Gasteiger partial charge in [0.1, 0.15) is 5.82 Å². The third-order valence-corrected chi connectivity index (χ3v) is 2.66. The van der Waals surface area contributed by atoms with Crippen LogP contribution in [0.25, 0.3) is 5.65 Å². The third kappa shape index (κ3) is 2.12. The molecule has 0 radical (unpaired) electrons. The number of rotatable bonds is 4. The maximum absolute atomic E-state index is 4.53. The summed E-state index contributed by atoms with van der Waals surface area (Å²) in [4.78, 5) is 6.75. The highest BCUT2D eigenvalue weighted by Crippen LogP contribution is 2.11. The van der Waals surface area contributed by atoms with Crippen molar-refractivity contribution >= 4 is 27.4 Å². The highest BCUT2D eigenvalue weighted by molar-refractivity contribution is 9.09. The number of halogens is 1. The lowest BCUT2D eigenvalue weighted by molar-refractivity contribution is 0.843. The molecule has 0 fully saturated rings. The fourth-order valence-electron chi connectivity index (χ4n) is 1.52. The molecule has 0 saturated heterocycles. The summed E-state index contributed by atoms with van der Waals surface area (Å²) in [5.74, 6) is 1.00. The molecule has 0 spiro atoms. The van der Waals surface area contributed by atoms with E-state index in [0.717, 1.165) is 29.9 Å². The van der Waals surface area contributed by atoms with Gasteiger partial charge in [-0.1, -0.05) is 15.9 Å². The average Bonchev–Trinajstić information content (AvgIpc) is 2.72. The molecular weight excluding hydrogens is 256 g/mol. The first kappa shape index (κ1) is 10.4. The maximum atomic E-state index is 4.53. The fourth-order valence-corrected chi connectivity index (χ4v) is 1.94. The number of hydrogen-bond donors (Lipinski definition) is 0. The van der Waals surface area contributed by atoms with E-state index >= 15 is 0 Å². The van der Waals surface area contributed by atoms with Gasteiger partial charge in [-0.25, -0.2) is 9.50 Å². The summed E-state index contributed by atoms with van der Waals surface area (Å²) in [6, 6.07) is 3.90. The molecule has 0 aliphatic carbocycles. The summed E-state index contributed by atoms with van der Waals surface area (Å²) in [5.41, 5.74) is 0.889. The Bertz CT molecular complexity index is 440. The summed E-state index contributed by atoms with van der Waals surface area (Å²) < 4.78 is 1.77. The Morgan fingerprint density at radius 3 is 3.07 bits per heavy atom. The Morgan fingerprint density at radius 2 is 2.33 bits per heavy atom. The molecule has 0 aliphatic rings. The molecule has 0 aliphatic heterocycles. The van der Waals surface area contributed by atoms with E-state index in [-0.39, 0.29) is 0 Å². The zero-order valence-corrected chi connectivity index (χ0v) is 10.2. The highest BCUT2D eigenvalue weighted by Gasteiger charge is 2.05. The van der Waals surface area contributed by atoms with Crippen LogP contribution < -0.4 is 4.90 Å². The van der Waals surface area contributed by atoms with Crippen molar-refractivity contribution in [1.82, 2.24) is 14.6 Å². The monoisotopic (exact) mass is 268 g/mol. The molecular formula is C10H13BrN4. The molecule has 2 heterocycles. The van der Waals surface area contributed by atoms with Crippen LogP contribution in [0.2, 0.25) is 0 Å². The van der Waals surface area contributed by atoms with Gasteiger partial charge < -0.3 is 4.90 Å². The number of hydrogen-bond acceptors (Lipinski definition) is 3. The average molecular weight is 269 g/mol. The van der Waals surface area contributed by atoms with E-state index < -0.39 is 0 Å². The Morgan fingerprint density at radius 1 is 1.47 bits per heavy atom. The molecule has 0 amide bonds. The van der Waals surface area contributed by atoms with E-state index in [4.69, 9.17) is 0 Å². The minimum Gasteiger partial charge on any atom is -0.356 e. The molecule has 0 saturated carbocycles. The molecule has 80 valence electrons. The summed E-state index contributed by atoms with van der Waals surface area (Å²) in [6.45, 7) is 4.06. The summed E-state index contributed by atoms with van der Waals surface area (Å²) in [5, 5.41) is 5.07. The number of fused-ring (bicyclic) bond motifs is 1. The van der Waals surface area contributed by atoms with Gasteiger partial charge in [0.15, 0.2) is 5.65 Å². The number of nitrogens with zero attached hydrogens (tertiary/aromatic N) is 4. The fraction of sp³-hybridized carbons (Fsp3) is 0.400. The molecule has 0 unspecified atom stereocenters. The minimum atomic E-state index is 0.889. The zero-order valence-electron chi connectivity index (χ0n) is 8.60. The second kappa shape index (κ2) is 4.61. The van der Waals surface area contributed by atoms with Crippen molar-refractivity contribution in [3.05, 3.63) is 24.5 Å². The first-order valence-electron chi connectivity index (χ1n) is 4.96. The molecule has 2 rings (SSSR count). The predicted molar refractivity (Wildman–Crippen MR) is 64.7 cm³/mol. The SMILES string of the molecule is CCN(CCBr)c1ccn2nccc2n1. The van der Waals surface area contributed by atoms with Gasteiger partial charge in [-0.3, -0.25) is 0 Å². The van der Waals surface area contributed by atoms with Gasteiger partial charge in [0.05, 0.1) is 6.20 Å². The van der Waals surface area contributed by atoms with Crippen LogP contribution >= 0.6 is 15.9 Å². The van der Waals surface area contributed by atoms with E-state index in [9.17, 15) is 0 Å². The predicted octanol–water partition coefficient (Wildman–Crippen LogP) is 1.95. The Labute approximate surface area is 97.0 Å². The topological polar surface area (TPSA) is 33.4 Å². The zero-order chi connectivity index (χ0) is 10.7. The highest BCUT2D eigenvalue weighted by atomic mass is 79.9. The largest absolute Gasteiger partial charge is 0.356 e. The van der Waals surface area contributed by atoms with Crippen LogP contribution in [0.4, 0.5) is 5.82 Å². The van der Waals surface area contributed by atoms with Crippen molar-refractivity contribution < 1.29 is 0 Å². The molecule has 0 N–H and O–H groups in total. The van der Waals surface area contributed by atoms with Crippen LogP contribution in [0.1, 0.15) is 6.92 Å². The van der Waals surface area contributed by atoms with E-state index in [0.29, 0.717) is 0 Å². The maximum Gasteiger partial charge on any atom is 0.157 e. The first-order valence-corrected chi connectivity index (χ1v) is 6.08. The quantitative estimate of drug-likeness (QED) is 0.795. The van der Waals surface area contributed by atoms with Crippen molar-refractivity contribution in [2.45, 2.75) is 6.92 Å². The van der Waals surface area contributed by atoms with Gasteiger partial charge in [-0.15, -0.1) is 0 Å². The smallest absolute Gasteiger partial charge is 0.157 e. The van der Waals surface area contributed by atoms with Crippen molar-refractivity contribution in [1.29, 1.82) is 0 Å². The second-order valence-corrected chi connectivity index (χ2v) is 3.98. The van der Waals surface area contributed by atoms with E-state index in [1.54, 1.807) is 10.7 Å². The van der Waals surface area contributed by atoms with Crippen LogP contribution in [-0.2, 0) is 0 Å². The molecule has 2 aromatic rings. The summed E-state index contributed by atoms with van der Waals surface area (Å²) in [7, 11) is 0. The van der Waals surface area contributed by atoms with Crippen LogP contribution in [0.3, 0.4) is 0 Å². The van der Waals surface area contributed by atoms with Crippen molar-refractivity contribution in [3.8, 4) is 0 Å². The standard InChI is InChI=1S/C10H13BrN4/c1-2-14(8-5-11)9-4-7-15-10(13-9)3-6-12-15/h3-4,6-7H,2,5,8H2,1H3. The minimum absolute atomic E-state index is 0.889. The molecule has 15 heavy (non-hydrogen) atoms. The van der Waals surface area contributed by atoms with E-state index in [1.165, 1.54) is 0 Å². The lowest BCUT2D eigenvalue weighted by atomic mass is 10.4. The van der Waals surface area contributed by atoms with Gasteiger partial charge in [0, 0.05) is 30.7 Å². The van der Waals surface area contributed by atoms with Gasteiger partial charge in [-0.2, -0.15) is 5.10 Å². The molecule has 0 aromatic carbocycles. The second-order valence-electron chi connectivity index (χ2n) is 3.19. The van der Waals surface area contributed by atoms with Crippen LogP contribution in [0, 0.1) is 0 Å². The molecule has 4 nitrogen and oxygen atoms in total. The van der Waals surface area contributed by atoms with E-state index in [1.807, 2.05) is 18.3 Å². The van der Waals surface area contributed by atoms with E-state index in [2.05, 4.69) is 37.8 Å². The Hall–Kier alpha value is -1.10. The molecule has 0 atom stereocenters. The number of alkyl halides is 1. The van der Waals surface area contributed by atoms with Gasteiger partial charge in [0.2, 0.25) is 0 Å². The Balaban J connectivity index is 2.33. The van der Waals surface area contributed by atoms with Crippen molar-refractivity contribution in [2.24, 2.45) is 0 Å². The summed E-state index contributed by atoms with van der Waals surface area (Å²) >= 11 is 3.44. The van der Waals surface area contributed by atoms with Gasteiger partial charge in [0.25, 0.3) is 0 Å². The van der Waals surface area contributed by atoms with Crippen molar-refractivity contribution in [3.63, 3.8) is 0 Å². The number of aromatic nitrogens is 3. The molecule has 5 heteroatoms. The van der Waals surface area contributed by atoms with Gasteiger partial charge >= 0.3 is 0 Å². The van der Waals surface area contributed by atoms with Crippen LogP contribution in [-0.4, -0.2) is 33.0 Å². The normalized spacial score (nSPS) is 10.8. The van der Waals surface area contributed by atoms with Gasteiger partial charge in [-0.05, 0) is 13.0 Å². The van der Waals surface area contributed by atoms with Crippen molar-refractivity contribution in [2.75, 3.05) is 23.3 Å². The van der Waals surface area contributed by atoms with Crippen LogP contribution in [0.15, 0.2) is 24.5 Å². The Kier molecular flexibility index (Phi) is 3.20. The molecule has 2 aromatic heterocycles. The third-order valence-electron chi connectivity index (χ3n) is 2.30. The first-order chi connectivity index (χ1) is 7.35.